The Kier molecular flexibility index (Phi) is 3.84. The van der Waals surface area contributed by atoms with E-state index in [1.165, 1.54) is 29.5 Å². The summed E-state index contributed by atoms with van der Waals surface area (Å²) in [5.41, 5.74) is 6.52. The summed E-state index contributed by atoms with van der Waals surface area (Å²) in [4.78, 5) is 12.0. The Balaban J connectivity index is 2.04. The number of rotatable bonds is 3. The molecule has 1 aromatic carbocycles. The molecule has 18 heavy (non-hydrogen) atoms. The van der Waals surface area contributed by atoms with Gasteiger partial charge in [-0.25, -0.2) is 9.18 Å². The summed E-state index contributed by atoms with van der Waals surface area (Å²) in [5.74, 6) is -0.944. The molecule has 1 heterocycles. The zero-order valence-corrected chi connectivity index (χ0v) is 10.7. The molecule has 6 heteroatoms. The lowest BCUT2D eigenvalue weighted by atomic mass is 10.2. The first kappa shape index (κ1) is 12.9. The van der Waals surface area contributed by atoms with Gasteiger partial charge in [-0.15, -0.1) is 11.3 Å². The van der Waals surface area contributed by atoms with Crippen molar-refractivity contribution in [2.24, 2.45) is 0 Å². The summed E-state index contributed by atoms with van der Waals surface area (Å²) in [5, 5.41) is 1.93. The fourth-order valence-corrected chi connectivity index (χ4v) is 2.26. The second kappa shape index (κ2) is 5.37. The van der Waals surface area contributed by atoms with Gasteiger partial charge in [0.15, 0.2) is 0 Å². The average molecular weight is 286 g/mol. The Morgan fingerprint density at radius 3 is 2.83 bits per heavy atom. The Hall–Kier alpha value is -1.59. The van der Waals surface area contributed by atoms with Crippen LogP contribution in [0.1, 0.15) is 15.2 Å². The SMILES string of the molecule is Nc1ccsc1C(=O)OCc1ccc(F)cc1Cl. The largest absolute Gasteiger partial charge is 0.457 e. The van der Waals surface area contributed by atoms with Crippen molar-refractivity contribution in [2.45, 2.75) is 6.61 Å². The monoisotopic (exact) mass is 285 g/mol. The fourth-order valence-electron chi connectivity index (χ4n) is 1.33. The summed E-state index contributed by atoms with van der Waals surface area (Å²) in [6, 6.07) is 5.54. The minimum absolute atomic E-state index is 0.0186. The predicted octanol–water partition coefficient (Wildman–Crippen LogP) is 3.48. The Morgan fingerprint density at radius 1 is 1.44 bits per heavy atom. The highest BCUT2D eigenvalue weighted by atomic mass is 35.5. The lowest BCUT2D eigenvalue weighted by Crippen LogP contribution is -2.05. The zero-order chi connectivity index (χ0) is 13.1. The van der Waals surface area contributed by atoms with E-state index in [4.69, 9.17) is 22.1 Å². The third-order valence-electron chi connectivity index (χ3n) is 2.25. The minimum Gasteiger partial charge on any atom is -0.457 e. The van der Waals surface area contributed by atoms with Gasteiger partial charge in [-0.05, 0) is 23.6 Å². The summed E-state index contributed by atoms with van der Waals surface area (Å²) >= 11 is 7.02. The highest BCUT2D eigenvalue weighted by Crippen LogP contribution is 2.22. The Morgan fingerprint density at radius 2 is 2.22 bits per heavy atom. The summed E-state index contributed by atoms with van der Waals surface area (Å²) in [6.45, 7) is -0.0186. The number of esters is 1. The molecule has 0 amide bonds. The first-order valence-corrected chi connectivity index (χ1v) is 6.27. The number of hydrogen-bond donors (Lipinski definition) is 1. The van der Waals surface area contributed by atoms with Gasteiger partial charge in [-0.1, -0.05) is 17.7 Å². The molecule has 0 fully saturated rings. The van der Waals surface area contributed by atoms with Crippen LogP contribution >= 0.6 is 22.9 Å². The number of anilines is 1. The maximum atomic E-state index is 12.8. The first-order valence-electron chi connectivity index (χ1n) is 5.02. The lowest BCUT2D eigenvalue weighted by Gasteiger charge is -2.06. The fraction of sp³-hybridized carbons (Fsp3) is 0.0833. The van der Waals surface area contributed by atoms with Crippen LogP contribution in [0.25, 0.3) is 0 Å². The molecule has 0 atom stereocenters. The molecular formula is C12H9ClFNO2S. The maximum absolute atomic E-state index is 12.8. The highest BCUT2D eigenvalue weighted by Gasteiger charge is 2.13. The van der Waals surface area contributed by atoms with Gasteiger partial charge in [0.2, 0.25) is 0 Å². The van der Waals surface area contributed by atoms with E-state index < -0.39 is 11.8 Å². The number of hydrogen-bond acceptors (Lipinski definition) is 4. The van der Waals surface area contributed by atoms with Crippen molar-refractivity contribution < 1.29 is 13.9 Å². The normalized spacial score (nSPS) is 10.3. The Labute approximate surface area is 112 Å². The first-order chi connectivity index (χ1) is 8.58. The highest BCUT2D eigenvalue weighted by molar-refractivity contribution is 7.12. The van der Waals surface area contributed by atoms with E-state index in [1.54, 1.807) is 11.4 Å². The predicted molar refractivity (Wildman–Crippen MR) is 69.3 cm³/mol. The zero-order valence-electron chi connectivity index (χ0n) is 9.15. The molecule has 94 valence electrons. The maximum Gasteiger partial charge on any atom is 0.350 e. The third-order valence-corrected chi connectivity index (χ3v) is 3.52. The van der Waals surface area contributed by atoms with Gasteiger partial charge in [-0.2, -0.15) is 0 Å². The Bertz CT molecular complexity index is 585. The van der Waals surface area contributed by atoms with Crippen molar-refractivity contribution in [1.29, 1.82) is 0 Å². The van der Waals surface area contributed by atoms with Crippen LogP contribution in [0.4, 0.5) is 10.1 Å². The van der Waals surface area contributed by atoms with Crippen molar-refractivity contribution >= 4 is 34.6 Å². The minimum atomic E-state index is -0.511. The van der Waals surface area contributed by atoms with Crippen LogP contribution in [0.5, 0.6) is 0 Å². The van der Waals surface area contributed by atoms with Gasteiger partial charge in [0.25, 0.3) is 0 Å². The van der Waals surface area contributed by atoms with Crippen LogP contribution < -0.4 is 5.73 Å². The molecule has 0 radical (unpaired) electrons. The van der Waals surface area contributed by atoms with Crippen LogP contribution in [0.3, 0.4) is 0 Å². The number of halogens is 2. The molecule has 0 saturated heterocycles. The molecule has 3 nitrogen and oxygen atoms in total. The molecule has 0 bridgehead atoms. The molecule has 0 spiro atoms. The van der Waals surface area contributed by atoms with E-state index in [1.807, 2.05) is 0 Å². The lowest BCUT2D eigenvalue weighted by molar-refractivity contribution is 0.0480. The molecule has 0 aliphatic carbocycles. The van der Waals surface area contributed by atoms with Gasteiger partial charge >= 0.3 is 5.97 Å². The summed E-state index contributed by atoms with van der Waals surface area (Å²) in [6.07, 6.45) is 0. The number of nitrogen functional groups attached to an aromatic ring is 1. The van der Waals surface area contributed by atoms with E-state index in [9.17, 15) is 9.18 Å². The van der Waals surface area contributed by atoms with Crippen LogP contribution in [-0.4, -0.2) is 5.97 Å². The van der Waals surface area contributed by atoms with Gasteiger partial charge in [0, 0.05) is 5.56 Å². The molecular weight excluding hydrogens is 277 g/mol. The van der Waals surface area contributed by atoms with Crippen molar-refractivity contribution in [3.05, 3.63) is 50.9 Å². The molecule has 1 aromatic heterocycles. The van der Waals surface area contributed by atoms with Crippen molar-refractivity contribution in [1.82, 2.24) is 0 Å². The number of thiophene rings is 1. The van der Waals surface area contributed by atoms with E-state index in [0.717, 1.165) is 0 Å². The van der Waals surface area contributed by atoms with Crippen molar-refractivity contribution in [3.63, 3.8) is 0 Å². The second-order valence-corrected chi connectivity index (χ2v) is 4.84. The molecule has 2 N–H and O–H groups in total. The van der Waals surface area contributed by atoms with Crippen LogP contribution in [-0.2, 0) is 11.3 Å². The topological polar surface area (TPSA) is 52.3 Å². The van der Waals surface area contributed by atoms with Gasteiger partial charge < -0.3 is 10.5 Å². The standard InChI is InChI=1S/C12H9ClFNO2S/c13-9-5-8(14)2-1-7(9)6-17-12(16)11-10(15)3-4-18-11/h1-5H,6,15H2. The molecule has 0 aliphatic rings. The van der Waals surface area contributed by atoms with Gasteiger partial charge in [0.05, 0.1) is 10.7 Å². The van der Waals surface area contributed by atoms with Crippen LogP contribution in [0.15, 0.2) is 29.6 Å². The average Bonchev–Trinajstić information content (AvgIpc) is 2.74. The van der Waals surface area contributed by atoms with Gasteiger partial charge in [-0.3, -0.25) is 0 Å². The number of ether oxygens (including phenoxy) is 1. The molecule has 2 aromatic rings. The second-order valence-electron chi connectivity index (χ2n) is 3.52. The number of nitrogens with two attached hydrogens (primary N) is 1. The van der Waals surface area contributed by atoms with E-state index >= 15 is 0 Å². The van der Waals surface area contributed by atoms with Crippen LogP contribution in [0.2, 0.25) is 5.02 Å². The molecule has 0 saturated carbocycles. The molecule has 0 aliphatic heterocycles. The van der Waals surface area contributed by atoms with Gasteiger partial charge in [0.1, 0.15) is 17.3 Å². The molecule has 0 unspecified atom stereocenters. The van der Waals surface area contributed by atoms with Crippen molar-refractivity contribution in [2.75, 3.05) is 5.73 Å². The van der Waals surface area contributed by atoms with E-state index in [0.29, 0.717) is 16.1 Å². The van der Waals surface area contributed by atoms with E-state index in [-0.39, 0.29) is 11.6 Å². The summed E-state index contributed by atoms with van der Waals surface area (Å²) in [7, 11) is 0. The quantitative estimate of drug-likeness (QED) is 0.879. The molecule has 2 rings (SSSR count). The smallest absolute Gasteiger partial charge is 0.350 e. The number of carbonyl (C=O) groups excluding carboxylic acids is 1. The van der Waals surface area contributed by atoms with Crippen molar-refractivity contribution in [3.8, 4) is 0 Å². The third kappa shape index (κ3) is 2.80. The number of carbonyl (C=O) groups is 1. The summed E-state index contributed by atoms with van der Waals surface area (Å²) < 4.78 is 17.9. The van der Waals surface area contributed by atoms with E-state index in [2.05, 4.69) is 0 Å². The number of benzene rings is 1. The van der Waals surface area contributed by atoms with Crippen LogP contribution in [0, 0.1) is 5.82 Å².